The fourth-order valence-electron chi connectivity index (χ4n) is 8.39. The lowest BCUT2D eigenvalue weighted by atomic mass is 9.43. The van der Waals surface area contributed by atoms with E-state index in [9.17, 15) is 15.3 Å². The van der Waals surface area contributed by atoms with E-state index in [-0.39, 0.29) is 34.9 Å². The predicted molar refractivity (Wildman–Crippen MR) is 122 cm³/mol. The minimum Gasteiger partial charge on any atom is -0.393 e. The van der Waals surface area contributed by atoms with E-state index in [1.807, 2.05) is 0 Å². The van der Waals surface area contributed by atoms with Gasteiger partial charge in [0.15, 0.2) is 0 Å². The molecule has 3 saturated carbocycles. The molecule has 4 heteroatoms. The molecule has 3 N–H and O–H groups in total. The number of fused-ring (bicyclic) bond motifs is 6. The number of hydrogen-bond acceptors (Lipinski definition) is 3. The van der Waals surface area contributed by atoms with Gasteiger partial charge in [0.2, 0.25) is 0 Å². The molecule has 0 aliphatic heterocycles. The molecular formula is C27H35NO3. The number of rotatable bonds is 1. The zero-order valence-electron chi connectivity index (χ0n) is 18.6. The minimum absolute atomic E-state index is 0.105. The van der Waals surface area contributed by atoms with Crippen LogP contribution in [0.4, 0.5) is 0 Å². The highest BCUT2D eigenvalue weighted by Crippen LogP contribution is 2.67. The third-order valence-electron chi connectivity index (χ3n) is 10.2. The molecule has 1 aromatic heterocycles. The van der Waals surface area contributed by atoms with Crippen molar-refractivity contribution in [2.24, 2.45) is 34.5 Å². The standard InChI is InChI=1S/C27H35NO3/c1-26-11-9-18(29)13-17(26)14-22(30)25-19-7-8-23(27(19,2)24(31)15-20(25)26)28-12-10-16-5-3-4-6-21(16)28/h3-6,8,10,12,17-20,22,24-25,29-31H,7,9,11,13-15H2,1-2H3/t17-,18-,19?,20?,22?,24?,25?,26-,27-/m0/s1. The van der Waals surface area contributed by atoms with Crippen LogP contribution in [0.5, 0.6) is 0 Å². The summed E-state index contributed by atoms with van der Waals surface area (Å²) >= 11 is 0. The van der Waals surface area contributed by atoms with Crippen molar-refractivity contribution in [1.82, 2.24) is 4.57 Å². The Kier molecular flexibility index (Phi) is 4.32. The number of nitrogens with zero attached hydrogens (tertiary/aromatic N) is 1. The molecule has 0 saturated heterocycles. The Hall–Kier alpha value is -1.62. The SMILES string of the molecule is C[C@@]12C(n3ccc4ccccc43)=CCC1C1C(O)C[C@@H]3C[C@@H](O)CC[C@]3(C)C1CC2O. The number of aliphatic hydroxyl groups excluding tert-OH is 3. The third-order valence-corrected chi connectivity index (χ3v) is 10.2. The molecule has 0 bridgehead atoms. The summed E-state index contributed by atoms with van der Waals surface area (Å²) in [5, 5.41) is 34.6. The number of hydrogen-bond donors (Lipinski definition) is 3. The van der Waals surface area contributed by atoms with Crippen molar-refractivity contribution >= 4 is 16.6 Å². The van der Waals surface area contributed by atoms with Crippen LogP contribution in [0.15, 0.2) is 42.6 Å². The first-order valence-electron chi connectivity index (χ1n) is 12.2. The van der Waals surface area contributed by atoms with Crippen molar-refractivity contribution < 1.29 is 15.3 Å². The number of aromatic nitrogens is 1. The fourth-order valence-corrected chi connectivity index (χ4v) is 8.39. The van der Waals surface area contributed by atoms with Gasteiger partial charge in [-0.25, -0.2) is 0 Å². The van der Waals surface area contributed by atoms with Crippen LogP contribution in [0.2, 0.25) is 0 Å². The monoisotopic (exact) mass is 421 g/mol. The molecule has 4 aliphatic carbocycles. The Bertz CT molecular complexity index is 1040. The molecule has 1 aromatic carbocycles. The van der Waals surface area contributed by atoms with Gasteiger partial charge >= 0.3 is 0 Å². The van der Waals surface area contributed by atoms with Crippen LogP contribution in [0.25, 0.3) is 16.6 Å². The summed E-state index contributed by atoms with van der Waals surface area (Å²) in [7, 11) is 0. The Labute approximate surface area is 184 Å². The van der Waals surface area contributed by atoms with Crippen LogP contribution in [-0.2, 0) is 0 Å². The first-order chi connectivity index (χ1) is 14.8. The van der Waals surface area contributed by atoms with Crippen LogP contribution in [0.1, 0.15) is 52.4 Å². The first-order valence-corrected chi connectivity index (χ1v) is 12.2. The topological polar surface area (TPSA) is 65.6 Å². The average Bonchev–Trinajstić information content (AvgIpc) is 3.32. The van der Waals surface area contributed by atoms with Gasteiger partial charge in [0, 0.05) is 17.3 Å². The zero-order chi connectivity index (χ0) is 21.5. The normalized spacial score (nSPS) is 46.9. The van der Waals surface area contributed by atoms with Gasteiger partial charge in [-0.05, 0) is 85.1 Å². The van der Waals surface area contributed by atoms with Gasteiger partial charge in [-0.2, -0.15) is 0 Å². The molecule has 3 fully saturated rings. The predicted octanol–water partition coefficient (Wildman–Crippen LogP) is 4.44. The number of benzene rings is 1. The second-order valence-corrected chi connectivity index (χ2v) is 11.3. The molecule has 0 amide bonds. The van der Waals surface area contributed by atoms with Crippen molar-refractivity contribution in [1.29, 1.82) is 0 Å². The van der Waals surface area contributed by atoms with E-state index >= 15 is 0 Å². The van der Waals surface area contributed by atoms with Crippen molar-refractivity contribution in [3.63, 3.8) is 0 Å². The first kappa shape index (κ1) is 20.0. The lowest BCUT2D eigenvalue weighted by molar-refractivity contribution is -0.189. The summed E-state index contributed by atoms with van der Waals surface area (Å²) < 4.78 is 2.27. The summed E-state index contributed by atoms with van der Waals surface area (Å²) in [6, 6.07) is 10.6. The van der Waals surface area contributed by atoms with E-state index in [2.05, 4.69) is 61.0 Å². The van der Waals surface area contributed by atoms with Gasteiger partial charge in [0.1, 0.15) is 0 Å². The van der Waals surface area contributed by atoms with Gasteiger partial charge < -0.3 is 19.9 Å². The molecule has 4 nitrogen and oxygen atoms in total. The maximum absolute atomic E-state index is 11.7. The largest absolute Gasteiger partial charge is 0.393 e. The van der Waals surface area contributed by atoms with Gasteiger partial charge in [-0.3, -0.25) is 0 Å². The van der Waals surface area contributed by atoms with E-state index in [1.54, 1.807) is 0 Å². The molecule has 9 atom stereocenters. The molecule has 4 aliphatic rings. The summed E-state index contributed by atoms with van der Waals surface area (Å²) in [5.41, 5.74) is 2.13. The van der Waals surface area contributed by atoms with Crippen LogP contribution in [0, 0.1) is 34.5 Å². The summed E-state index contributed by atoms with van der Waals surface area (Å²) in [4.78, 5) is 0. The van der Waals surface area contributed by atoms with Crippen LogP contribution < -0.4 is 0 Å². The van der Waals surface area contributed by atoms with Crippen molar-refractivity contribution in [3.05, 3.63) is 42.6 Å². The van der Waals surface area contributed by atoms with E-state index in [0.717, 1.165) is 38.5 Å². The smallest absolute Gasteiger partial charge is 0.0654 e. The van der Waals surface area contributed by atoms with E-state index in [1.165, 1.54) is 16.6 Å². The van der Waals surface area contributed by atoms with Crippen LogP contribution in [0.3, 0.4) is 0 Å². The van der Waals surface area contributed by atoms with Crippen LogP contribution >= 0.6 is 0 Å². The Balaban J connectivity index is 1.40. The molecule has 6 rings (SSSR count). The molecule has 1 heterocycles. The molecular weight excluding hydrogens is 386 g/mol. The number of para-hydroxylation sites is 1. The third kappa shape index (κ3) is 2.59. The van der Waals surface area contributed by atoms with Gasteiger partial charge in [-0.15, -0.1) is 0 Å². The summed E-state index contributed by atoms with van der Waals surface area (Å²) in [6.45, 7) is 4.61. The second-order valence-electron chi connectivity index (χ2n) is 11.3. The van der Waals surface area contributed by atoms with E-state index in [4.69, 9.17) is 0 Å². The Morgan fingerprint density at radius 1 is 0.968 bits per heavy atom. The van der Waals surface area contributed by atoms with Crippen molar-refractivity contribution in [2.45, 2.75) is 70.7 Å². The molecule has 31 heavy (non-hydrogen) atoms. The van der Waals surface area contributed by atoms with Gasteiger partial charge in [-0.1, -0.05) is 38.1 Å². The Morgan fingerprint density at radius 3 is 2.61 bits per heavy atom. The summed E-state index contributed by atoms with van der Waals surface area (Å²) in [6.07, 6.45) is 8.56. The van der Waals surface area contributed by atoms with E-state index in [0.29, 0.717) is 11.8 Å². The van der Waals surface area contributed by atoms with Gasteiger partial charge in [0.05, 0.1) is 23.8 Å². The number of aliphatic hydroxyl groups is 3. The number of allylic oxidation sites excluding steroid dienone is 1. The van der Waals surface area contributed by atoms with E-state index < -0.39 is 6.10 Å². The second kappa shape index (κ2) is 6.69. The van der Waals surface area contributed by atoms with Crippen LogP contribution in [-0.4, -0.2) is 38.2 Å². The maximum Gasteiger partial charge on any atom is 0.0654 e. The zero-order valence-corrected chi connectivity index (χ0v) is 18.6. The highest BCUT2D eigenvalue weighted by Gasteiger charge is 2.64. The highest BCUT2D eigenvalue weighted by molar-refractivity contribution is 5.84. The van der Waals surface area contributed by atoms with Crippen molar-refractivity contribution in [3.8, 4) is 0 Å². The minimum atomic E-state index is -0.428. The Morgan fingerprint density at radius 2 is 1.77 bits per heavy atom. The highest BCUT2D eigenvalue weighted by atomic mass is 16.3. The lowest BCUT2D eigenvalue weighted by Gasteiger charge is -2.63. The quantitative estimate of drug-likeness (QED) is 0.638. The molecule has 0 radical (unpaired) electrons. The molecule has 2 aromatic rings. The average molecular weight is 422 g/mol. The lowest BCUT2D eigenvalue weighted by Crippen LogP contribution is -2.61. The maximum atomic E-state index is 11.7. The fraction of sp³-hybridized carbons (Fsp3) is 0.630. The molecule has 0 spiro atoms. The van der Waals surface area contributed by atoms with Crippen molar-refractivity contribution in [2.75, 3.05) is 0 Å². The van der Waals surface area contributed by atoms with Gasteiger partial charge in [0.25, 0.3) is 0 Å². The molecule has 5 unspecified atom stereocenters. The molecule has 166 valence electrons. The summed E-state index contributed by atoms with van der Waals surface area (Å²) in [5.74, 6) is 1.12.